The Labute approximate surface area is 133 Å². The molecule has 1 atom stereocenters. The minimum atomic E-state index is -0.885. The number of aliphatic hydroxyl groups excluding tert-OH is 1. The molecular weight excluding hydrogens is 294 g/mol. The van der Waals surface area contributed by atoms with Gasteiger partial charge >= 0.3 is 5.97 Å². The Balaban J connectivity index is 2.12. The zero-order chi connectivity index (χ0) is 16.4. The van der Waals surface area contributed by atoms with Gasteiger partial charge in [0.1, 0.15) is 12.6 Å². The molecule has 0 saturated carbocycles. The van der Waals surface area contributed by atoms with Gasteiger partial charge in [-0.2, -0.15) is 0 Å². The summed E-state index contributed by atoms with van der Waals surface area (Å²) in [5.74, 6) is -1.49. The molecule has 2 N–H and O–H groups in total. The second-order valence-electron chi connectivity index (χ2n) is 5.38. The van der Waals surface area contributed by atoms with Crippen LogP contribution in [0.4, 0.5) is 0 Å². The average molecular weight is 311 g/mol. The summed E-state index contributed by atoms with van der Waals surface area (Å²) in [7, 11) is 1.28. The summed E-state index contributed by atoms with van der Waals surface area (Å²) in [5, 5.41) is 11.6. The van der Waals surface area contributed by atoms with Gasteiger partial charge in [-0.05, 0) is 22.3 Å². The fourth-order valence-corrected chi connectivity index (χ4v) is 3.18. The highest BCUT2D eigenvalue weighted by atomic mass is 16.5. The molecule has 0 radical (unpaired) electrons. The van der Waals surface area contributed by atoms with Gasteiger partial charge in [-0.25, -0.2) is 4.79 Å². The number of carbonyl (C=O) groups excluding carboxylic acids is 2. The number of carbonyl (C=O) groups is 2. The molecule has 0 aliphatic heterocycles. The van der Waals surface area contributed by atoms with Crippen molar-refractivity contribution < 1.29 is 19.4 Å². The van der Waals surface area contributed by atoms with Gasteiger partial charge in [0.05, 0.1) is 7.11 Å². The maximum atomic E-state index is 12.3. The normalized spacial score (nSPS) is 13.8. The van der Waals surface area contributed by atoms with Gasteiger partial charge in [0.25, 0.3) is 0 Å². The van der Waals surface area contributed by atoms with Crippen LogP contribution in [0.5, 0.6) is 0 Å². The molecule has 3 rings (SSSR count). The van der Waals surface area contributed by atoms with E-state index >= 15 is 0 Å². The molecule has 1 aliphatic carbocycles. The SMILES string of the molecule is COC(=O)[C@@H](NC(=O)CO)C1c2ccccc2-c2ccccc21. The van der Waals surface area contributed by atoms with Crippen LogP contribution in [0.25, 0.3) is 11.1 Å². The molecule has 118 valence electrons. The first-order chi connectivity index (χ1) is 11.2. The molecule has 2 aromatic rings. The smallest absolute Gasteiger partial charge is 0.329 e. The van der Waals surface area contributed by atoms with Crippen molar-refractivity contribution >= 4 is 11.9 Å². The topological polar surface area (TPSA) is 75.6 Å². The molecule has 0 unspecified atom stereocenters. The molecular formula is C18H17NO4. The Morgan fingerprint density at radius 2 is 1.61 bits per heavy atom. The number of ether oxygens (including phenoxy) is 1. The summed E-state index contributed by atoms with van der Waals surface area (Å²) in [5.41, 5.74) is 4.00. The van der Waals surface area contributed by atoms with Crippen molar-refractivity contribution in [3.05, 3.63) is 59.7 Å². The van der Waals surface area contributed by atoms with Gasteiger partial charge < -0.3 is 15.2 Å². The maximum absolute atomic E-state index is 12.3. The summed E-state index contributed by atoms with van der Waals surface area (Å²) in [4.78, 5) is 23.9. The quantitative estimate of drug-likeness (QED) is 0.838. The van der Waals surface area contributed by atoms with E-state index in [1.165, 1.54) is 7.11 Å². The number of hydrogen-bond donors (Lipinski definition) is 2. The lowest BCUT2D eigenvalue weighted by atomic mass is 9.89. The third-order valence-corrected chi connectivity index (χ3v) is 4.13. The van der Waals surface area contributed by atoms with Crippen molar-refractivity contribution in [2.75, 3.05) is 13.7 Å². The highest BCUT2D eigenvalue weighted by Crippen LogP contribution is 2.46. The second-order valence-corrected chi connectivity index (χ2v) is 5.38. The van der Waals surface area contributed by atoms with Crippen LogP contribution in [0.3, 0.4) is 0 Å². The number of esters is 1. The fraction of sp³-hybridized carbons (Fsp3) is 0.222. The van der Waals surface area contributed by atoms with Gasteiger partial charge in [0, 0.05) is 5.92 Å². The van der Waals surface area contributed by atoms with E-state index in [0.29, 0.717) is 0 Å². The number of amides is 1. The monoisotopic (exact) mass is 311 g/mol. The van der Waals surface area contributed by atoms with Crippen LogP contribution in [0.15, 0.2) is 48.5 Å². The van der Waals surface area contributed by atoms with Gasteiger partial charge in [-0.15, -0.1) is 0 Å². The van der Waals surface area contributed by atoms with Crippen LogP contribution in [0.2, 0.25) is 0 Å². The first kappa shape index (κ1) is 15.2. The summed E-state index contributed by atoms with van der Waals surface area (Å²) in [6.45, 7) is -0.677. The van der Waals surface area contributed by atoms with E-state index in [4.69, 9.17) is 9.84 Å². The summed E-state index contributed by atoms with van der Waals surface area (Å²) in [6.07, 6.45) is 0. The van der Waals surface area contributed by atoms with Crippen molar-refractivity contribution in [2.45, 2.75) is 12.0 Å². The average Bonchev–Trinajstić information content (AvgIpc) is 2.93. The Morgan fingerprint density at radius 1 is 1.09 bits per heavy atom. The largest absolute Gasteiger partial charge is 0.467 e. The lowest BCUT2D eigenvalue weighted by Crippen LogP contribution is -2.46. The Kier molecular flexibility index (Phi) is 4.12. The summed E-state index contributed by atoms with van der Waals surface area (Å²) >= 11 is 0. The predicted octanol–water partition coefficient (Wildman–Crippen LogP) is 1.45. The van der Waals surface area contributed by atoms with Gasteiger partial charge in [0.15, 0.2) is 0 Å². The molecule has 2 aromatic carbocycles. The number of aliphatic hydroxyl groups is 1. The Bertz CT molecular complexity index is 711. The first-order valence-electron chi connectivity index (χ1n) is 7.33. The zero-order valence-electron chi connectivity index (χ0n) is 12.7. The van der Waals surface area contributed by atoms with E-state index in [0.717, 1.165) is 22.3 Å². The van der Waals surface area contributed by atoms with Crippen LogP contribution >= 0.6 is 0 Å². The maximum Gasteiger partial charge on any atom is 0.329 e. The van der Waals surface area contributed by atoms with Crippen molar-refractivity contribution in [3.8, 4) is 11.1 Å². The molecule has 1 amide bonds. The van der Waals surface area contributed by atoms with Gasteiger partial charge in [0.2, 0.25) is 5.91 Å². The molecule has 23 heavy (non-hydrogen) atoms. The standard InChI is InChI=1S/C18H17NO4/c1-23-18(22)17(19-15(21)10-20)16-13-8-4-2-6-11(13)12-7-3-5-9-14(12)16/h2-9,16-17,20H,10H2,1H3,(H,19,21)/t17-/m0/s1. The van der Waals surface area contributed by atoms with Crippen LogP contribution in [-0.4, -0.2) is 36.7 Å². The van der Waals surface area contributed by atoms with E-state index in [9.17, 15) is 9.59 Å². The Morgan fingerprint density at radius 3 is 2.09 bits per heavy atom. The minimum absolute atomic E-state index is 0.342. The number of methoxy groups -OCH3 is 1. The van der Waals surface area contributed by atoms with Crippen LogP contribution in [0.1, 0.15) is 17.0 Å². The van der Waals surface area contributed by atoms with Crippen molar-refractivity contribution in [1.29, 1.82) is 0 Å². The van der Waals surface area contributed by atoms with Gasteiger partial charge in [-0.1, -0.05) is 48.5 Å². The molecule has 0 heterocycles. The number of hydrogen-bond acceptors (Lipinski definition) is 4. The van der Waals surface area contributed by atoms with Crippen molar-refractivity contribution in [3.63, 3.8) is 0 Å². The predicted molar refractivity (Wildman–Crippen MR) is 84.8 cm³/mol. The highest BCUT2D eigenvalue weighted by molar-refractivity contribution is 5.89. The van der Waals surface area contributed by atoms with Crippen LogP contribution in [0, 0.1) is 0 Å². The van der Waals surface area contributed by atoms with E-state index < -0.39 is 24.5 Å². The molecule has 5 heteroatoms. The number of fused-ring (bicyclic) bond motifs is 3. The van der Waals surface area contributed by atoms with E-state index in [1.54, 1.807) is 0 Å². The van der Waals surface area contributed by atoms with E-state index in [1.807, 2.05) is 48.5 Å². The third-order valence-electron chi connectivity index (χ3n) is 4.13. The van der Waals surface area contributed by atoms with Crippen LogP contribution in [-0.2, 0) is 14.3 Å². The zero-order valence-corrected chi connectivity index (χ0v) is 12.7. The molecule has 0 aromatic heterocycles. The number of nitrogens with one attached hydrogen (secondary N) is 1. The van der Waals surface area contributed by atoms with Crippen molar-refractivity contribution in [1.82, 2.24) is 5.32 Å². The highest BCUT2D eigenvalue weighted by Gasteiger charge is 2.39. The Hall–Kier alpha value is -2.66. The molecule has 1 aliphatic rings. The number of rotatable bonds is 4. The lowest BCUT2D eigenvalue weighted by molar-refractivity contribution is -0.145. The lowest BCUT2D eigenvalue weighted by Gasteiger charge is -2.24. The first-order valence-corrected chi connectivity index (χ1v) is 7.33. The summed E-state index contributed by atoms with van der Waals surface area (Å²) < 4.78 is 4.86. The van der Waals surface area contributed by atoms with Crippen LogP contribution < -0.4 is 5.32 Å². The minimum Gasteiger partial charge on any atom is -0.467 e. The molecule has 5 nitrogen and oxygen atoms in total. The third kappa shape index (κ3) is 2.59. The molecule has 0 spiro atoms. The van der Waals surface area contributed by atoms with Gasteiger partial charge in [-0.3, -0.25) is 4.79 Å². The molecule has 0 fully saturated rings. The van der Waals surface area contributed by atoms with E-state index in [2.05, 4.69) is 5.32 Å². The van der Waals surface area contributed by atoms with E-state index in [-0.39, 0.29) is 5.92 Å². The second kappa shape index (κ2) is 6.22. The molecule has 0 bridgehead atoms. The number of benzene rings is 2. The molecule has 0 saturated heterocycles. The fourth-order valence-electron chi connectivity index (χ4n) is 3.18. The van der Waals surface area contributed by atoms with Crippen molar-refractivity contribution in [2.24, 2.45) is 0 Å². The summed E-state index contributed by atoms with van der Waals surface area (Å²) in [6, 6.07) is 14.7.